The summed E-state index contributed by atoms with van der Waals surface area (Å²) in [4.78, 5) is 11.9. The molecule has 0 bridgehead atoms. The maximum atomic E-state index is 11.0. The lowest BCUT2D eigenvalue weighted by Gasteiger charge is -2.07. The van der Waals surface area contributed by atoms with Crippen LogP contribution in [0.15, 0.2) is 18.2 Å². The molecule has 1 aromatic heterocycles. The maximum absolute atomic E-state index is 11.0. The third-order valence-electron chi connectivity index (χ3n) is 2.70. The topological polar surface area (TPSA) is 72.5 Å². The van der Waals surface area contributed by atoms with E-state index in [1.165, 1.54) is 11.3 Å². The molecule has 0 aliphatic rings. The van der Waals surface area contributed by atoms with Gasteiger partial charge in [0.05, 0.1) is 11.8 Å². The van der Waals surface area contributed by atoms with Crippen molar-refractivity contribution in [1.82, 2.24) is 0 Å². The van der Waals surface area contributed by atoms with Crippen molar-refractivity contribution in [2.45, 2.75) is 13.0 Å². The highest BCUT2D eigenvalue weighted by Gasteiger charge is 2.22. The molecule has 5 heteroatoms. The first-order valence-electron chi connectivity index (χ1n) is 5.10. The molecule has 4 nitrogen and oxygen atoms in total. The van der Waals surface area contributed by atoms with Crippen LogP contribution in [0.25, 0.3) is 10.1 Å². The molecule has 0 saturated heterocycles. The number of benzene rings is 1. The fourth-order valence-electron chi connectivity index (χ4n) is 1.90. The third kappa shape index (κ3) is 1.87. The van der Waals surface area contributed by atoms with Crippen molar-refractivity contribution in [2.24, 2.45) is 5.73 Å². The van der Waals surface area contributed by atoms with Gasteiger partial charge in [-0.1, -0.05) is 12.1 Å². The summed E-state index contributed by atoms with van der Waals surface area (Å²) in [5.41, 5.74) is 6.38. The fraction of sp³-hybridized carbons (Fsp3) is 0.250. The van der Waals surface area contributed by atoms with Gasteiger partial charge < -0.3 is 15.6 Å². The van der Waals surface area contributed by atoms with E-state index in [2.05, 4.69) is 0 Å². The van der Waals surface area contributed by atoms with Crippen molar-refractivity contribution >= 4 is 27.4 Å². The average molecular weight is 251 g/mol. The molecule has 0 aliphatic heterocycles. The van der Waals surface area contributed by atoms with Crippen molar-refractivity contribution in [3.63, 3.8) is 0 Å². The Hall–Kier alpha value is -1.59. The van der Waals surface area contributed by atoms with E-state index in [4.69, 9.17) is 15.6 Å². The predicted octanol–water partition coefficient (Wildman–Crippen LogP) is 2.30. The summed E-state index contributed by atoms with van der Waals surface area (Å²) in [5, 5.41) is 9.88. The van der Waals surface area contributed by atoms with Gasteiger partial charge in [0.1, 0.15) is 11.8 Å². The van der Waals surface area contributed by atoms with E-state index in [1.54, 1.807) is 7.11 Å². The van der Waals surface area contributed by atoms with Crippen LogP contribution in [0, 0.1) is 6.92 Å². The van der Waals surface area contributed by atoms with Crippen LogP contribution < -0.4 is 10.5 Å². The van der Waals surface area contributed by atoms with Crippen molar-refractivity contribution < 1.29 is 14.6 Å². The van der Waals surface area contributed by atoms with Gasteiger partial charge >= 0.3 is 5.97 Å². The summed E-state index contributed by atoms with van der Waals surface area (Å²) < 4.78 is 6.20. The number of carboxylic acids is 1. The minimum absolute atomic E-state index is 0.677. The van der Waals surface area contributed by atoms with Gasteiger partial charge in [0.2, 0.25) is 0 Å². The van der Waals surface area contributed by atoms with Crippen molar-refractivity contribution in [3.05, 3.63) is 28.6 Å². The molecule has 2 aromatic rings. The number of hydrogen-bond acceptors (Lipinski definition) is 4. The highest BCUT2D eigenvalue weighted by Crippen LogP contribution is 2.39. The molecule has 0 saturated carbocycles. The highest BCUT2D eigenvalue weighted by molar-refractivity contribution is 7.19. The zero-order chi connectivity index (χ0) is 12.6. The number of aryl methyl sites for hydroxylation is 1. The number of carbonyl (C=O) groups is 1. The molecule has 3 N–H and O–H groups in total. The smallest absolute Gasteiger partial charge is 0.325 e. The van der Waals surface area contributed by atoms with Gasteiger partial charge in [-0.05, 0) is 13.0 Å². The Balaban J connectivity index is 2.72. The predicted molar refractivity (Wildman–Crippen MR) is 67.7 cm³/mol. The van der Waals surface area contributed by atoms with Crippen molar-refractivity contribution in [3.8, 4) is 5.75 Å². The number of methoxy groups -OCH3 is 1. The van der Waals surface area contributed by atoms with Crippen LogP contribution in [0.2, 0.25) is 0 Å². The van der Waals surface area contributed by atoms with Crippen LogP contribution in [0.3, 0.4) is 0 Å². The quantitative estimate of drug-likeness (QED) is 0.878. The van der Waals surface area contributed by atoms with Gasteiger partial charge in [0.15, 0.2) is 0 Å². The van der Waals surface area contributed by atoms with E-state index >= 15 is 0 Å². The molecule has 17 heavy (non-hydrogen) atoms. The first-order valence-corrected chi connectivity index (χ1v) is 5.92. The van der Waals surface area contributed by atoms with E-state index in [0.29, 0.717) is 5.56 Å². The molecule has 0 spiro atoms. The van der Waals surface area contributed by atoms with E-state index in [9.17, 15) is 4.79 Å². The van der Waals surface area contributed by atoms with Crippen LogP contribution in [-0.4, -0.2) is 18.2 Å². The van der Waals surface area contributed by atoms with E-state index in [0.717, 1.165) is 20.7 Å². The number of aliphatic carboxylic acids is 1. The third-order valence-corrected chi connectivity index (χ3v) is 3.85. The molecule has 0 amide bonds. The molecular weight excluding hydrogens is 238 g/mol. The number of thiophene rings is 1. The number of rotatable bonds is 3. The Morgan fingerprint density at radius 3 is 2.82 bits per heavy atom. The molecule has 90 valence electrons. The molecule has 0 aliphatic carbocycles. The molecule has 0 radical (unpaired) electrons. The normalized spacial score (nSPS) is 12.6. The van der Waals surface area contributed by atoms with Crippen molar-refractivity contribution in [1.29, 1.82) is 0 Å². The summed E-state index contributed by atoms with van der Waals surface area (Å²) in [7, 11) is 1.60. The number of fused-ring (bicyclic) bond motifs is 1. The Morgan fingerprint density at radius 2 is 2.24 bits per heavy atom. The number of ether oxygens (including phenoxy) is 1. The van der Waals surface area contributed by atoms with E-state index < -0.39 is 12.0 Å². The minimum Gasteiger partial charge on any atom is -0.495 e. The largest absolute Gasteiger partial charge is 0.495 e. The number of carboxylic acid groups (broad SMARTS) is 1. The Morgan fingerprint density at radius 1 is 1.53 bits per heavy atom. The lowest BCUT2D eigenvalue weighted by Crippen LogP contribution is -2.20. The van der Waals surface area contributed by atoms with E-state index in [1.807, 2.05) is 25.1 Å². The molecule has 1 heterocycles. The van der Waals surface area contributed by atoms with Gasteiger partial charge in [0, 0.05) is 15.8 Å². The van der Waals surface area contributed by atoms with Gasteiger partial charge in [0.25, 0.3) is 0 Å². The summed E-state index contributed by atoms with van der Waals surface area (Å²) in [6.07, 6.45) is 0. The Kier molecular flexibility index (Phi) is 3.04. The zero-order valence-corrected chi connectivity index (χ0v) is 10.4. The Labute approximate surface area is 103 Å². The summed E-state index contributed by atoms with van der Waals surface area (Å²) in [6, 6.07) is 4.58. The van der Waals surface area contributed by atoms with Crippen LogP contribution in [0.5, 0.6) is 5.75 Å². The molecule has 0 fully saturated rings. The standard InChI is InChI=1S/C12H13NO3S/c1-6-9(10(13)12(14)15)7-4-3-5-8(16-2)11(7)17-6/h3-5,10H,13H2,1-2H3,(H,14,15). The van der Waals surface area contributed by atoms with Gasteiger partial charge in [-0.15, -0.1) is 11.3 Å². The average Bonchev–Trinajstić information content (AvgIpc) is 2.63. The summed E-state index contributed by atoms with van der Waals surface area (Å²) in [6.45, 7) is 1.88. The number of hydrogen-bond donors (Lipinski definition) is 2. The first kappa shape index (κ1) is 11.9. The molecule has 1 aromatic carbocycles. The van der Waals surface area contributed by atoms with Gasteiger partial charge in [-0.25, -0.2) is 0 Å². The zero-order valence-electron chi connectivity index (χ0n) is 9.56. The Bertz CT molecular complexity index is 576. The van der Waals surface area contributed by atoms with Gasteiger partial charge in [-0.2, -0.15) is 0 Å². The second-order valence-corrected chi connectivity index (χ2v) is 4.95. The molecule has 1 atom stereocenters. The second-order valence-electron chi connectivity index (χ2n) is 3.72. The fourth-order valence-corrected chi connectivity index (χ4v) is 3.09. The SMILES string of the molecule is COc1cccc2c(C(N)C(=O)O)c(C)sc12. The lowest BCUT2D eigenvalue weighted by molar-refractivity contribution is -0.138. The first-order chi connectivity index (χ1) is 8.06. The monoisotopic (exact) mass is 251 g/mol. The van der Waals surface area contributed by atoms with Gasteiger partial charge in [-0.3, -0.25) is 4.79 Å². The maximum Gasteiger partial charge on any atom is 0.325 e. The van der Waals surface area contributed by atoms with Crippen LogP contribution in [-0.2, 0) is 4.79 Å². The molecule has 2 rings (SSSR count). The molecule has 1 unspecified atom stereocenters. The number of nitrogens with two attached hydrogens (primary N) is 1. The van der Waals surface area contributed by atoms with Crippen LogP contribution in [0.4, 0.5) is 0 Å². The lowest BCUT2D eigenvalue weighted by atomic mass is 10.0. The highest BCUT2D eigenvalue weighted by atomic mass is 32.1. The minimum atomic E-state index is -1.02. The summed E-state index contributed by atoms with van der Waals surface area (Å²) >= 11 is 1.51. The van der Waals surface area contributed by atoms with Crippen LogP contribution >= 0.6 is 11.3 Å². The van der Waals surface area contributed by atoms with Crippen LogP contribution in [0.1, 0.15) is 16.5 Å². The van der Waals surface area contributed by atoms with Crippen molar-refractivity contribution in [2.75, 3.05) is 7.11 Å². The van der Waals surface area contributed by atoms with E-state index in [-0.39, 0.29) is 0 Å². The summed E-state index contributed by atoms with van der Waals surface area (Å²) in [5.74, 6) is -0.268. The second kappa shape index (κ2) is 4.35. The molecular formula is C12H13NO3S.